The number of hydrogen-bond acceptors (Lipinski definition) is 3. The van der Waals surface area contributed by atoms with Gasteiger partial charge in [0, 0.05) is 11.1 Å². The zero-order valence-electron chi connectivity index (χ0n) is 10.1. The number of rotatable bonds is 2. The fraction of sp³-hybridized carbons (Fsp3) is 0.133. The van der Waals surface area contributed by atoms with Crippen LogP contribution in [0.5, 0.6) is 5.75 Å². The predicted octanol–water partition coefficient (Wildman–Crippen LogP) is 3.00. The van der Waals surface area contributed by atoms with Gasteiger partial charge in [-0.15, -0.1) is 0 Å². The Morgan fingerprint density at radius 3 is 2.89 bits per heavy atom. The summed E-state index contributed by atoms with van der Waals surface area (Å²) in [5, 5.41) is 11.2. The summed E-state index contributed by atoms with van der Waals surface area (Å²) in [6, 6.07) is 12.2. The molecule has 0 saturated carbocycles. The molecule has 94 valence electrons. The number of nitrogens with one attached hydrogen (secondary N) is 1. The van der Waals surface area contributed by atoms with Crippen LogP contribution < -0.4 is 10.1 Å². The number of ether oxygens (including phenoxy) is 1. The first-order valence-electron chi connectivity index (χ1n) is 5.97. The smallest absolute Gasteiger partial charge is 0.176 e. The first kappa shape index (κ1) is 11.5. The van der Waals surface area contributed by atoms with Crippen molar-refractivity contribution in [3.8, 4) is 23.1 Å². The number of nitrogens with zero attached hydrogens (tertiary/aromatic N) is 1. The van der Waals surface area contributed by atoms with E-state index in [4.69, 9.17) is 10.00 Å². The van der Waals surface area contributed by atoms with E-state index < -0.39 is 0 Å². The minimum absolute atomic E-state index is 0.242. The zero-order valence-corrected chi connectivity index (χ0v) is 10.1. The van der Waals surface area contributed by atoms with Crippen LogP contribution in [0.15, 0.2) is 42.5 Å². The Balaban J connectivity index is 2.10. The van der Waals surface area contributed by atoms with E-state index in [0.29, 0.717) is 12.3 Å². The SMILES string of the molecule is N#CNCC1Oc2ccc(F)cc2-c2ccccc21. The van der Waals surface area contributed by atoms with Crippen molar-refractivity contribution in [1.29, 1.82) is 5.26 Å². The van der Waals surface area contributed by atoms with E-state index in [1.807, 2.05) is 30.5 Å². The predicted molar refractivity (Wildman–Crippen MR) is 68.8 cm³/mol. The molecule has 0 spiro atoms. The fourth-order valence-corrected chi connectivity index (χ4v) is 2.35. The van der Waals surface area contributed by atoms with E-state index in [1.165, 1.54) is 12.1 Å². The van der Waals surface area contributed by atoms with Gasteiger partial charge < -0.3 is 10.1 Å². The van der Waals surface area contributed by atoms with Gasteiger partial charge in [0.15, 0.2) is 6.19 Å². The van der Waals surface area contributed by atoms with E-state index in [-0.39, 0.29) is 11.9 Å². The first-order valence-corrected chi connectivity index (χ1v) is 5.97. The lowest BCUT2D eigenvalue weighted by Crippen LogP contribution is -2.24. The van der Waals surface area contributed by atoms with E-state index >= 15 is 0 Å². The molecule has 2 aromatic rings. The standard InChI is InChI=1S/C15H11FN2O/c16-10-5-6-14-13(7-10)11-3-1-2-4-12(11)15(19-14)8-18-9-17/h1-7,15,18H,8H2. The maximum atomic E-state index is 13.4. The largest absolute Gasteiger partial charge is 0.483 e. The number of halogens is 1. The lowest BCUT2D eigenvalue weighted by Gasteiger charge is -2.28. The van der Waals surface area contributed by atoms with E-state index in [0.717, 1.165) is 16.7 Å². The Kier molecular flexibility index (Phi) is 2.81. The first-order chi connectivity index (χ1) is 9.29. The molecule has 0 aromatic heterocycles. The second-order valence-electron chi connectivity index (χ2n) is 4.33. The van der Waals surface area contributed by atoms with Crippen LogP contribution >= 0.6 is 0 Å². The summed E-state index contributed by atoms with van der Waals surface area (Å²) in [5.74, 6) is 0.357. The summed E-state index contributed by atoms with van der Waals surface area (Å²) in [4.78, 5) is 0. The molecule has 3 rings (SSSR count). The lowest BCUT2D eigenvalue weighted by atomic mass is 9.93. The topological polar surface area (TPSA) is 45.0 Å². The van der Waals surface area contributed by atoms with Crippen molar-refractivity contribution in [3.05, 3.63) is 53.8 Å². The monoisotopic (exact) mass is 254 g/mol. The van der Waals surface area contributed by atoms with Gasteiger partial charge in [-0.2, -0.15) is 5.26 Å². The van der Waals surface area contributed by atoms with Crippen molar-refractivity contribution in [2.75, 3.05) is 6.54 Å². The number of nitriles is 1. The molecule has 0 radical (unpaired) electrons. The normalized spacial score (nSPS) is 15.7. The highest BCUT2D eigenvalue weighted by molar-refractivity contribution is 5.75. The number of benzene rings is 2. The summed E-state index contributed by atoms with van der Waals surface area (Å²) < 4.78 is 19.2. The van der Waals surface area contributed by atoms with Crippen LogP contribution in [0.25, 0.3) is 11.1 Å². The molecule has 0 fully saturated rings. The van der Waals surface area contributed by atoms with E-state index in [9.17, 15) is 4.39 Å². The van der Waals surface area contributed by atoms with E-state index in [1.54, 1.807) is 6.07 Å². The highest BCUT2D eigenvalue weighted by Crippen LogP contribution is 2.42. The summed E-state index contributed by atoms with van der Waals surface area (Å²) in [7, 11) is 0. The van der Waals surface area contributed by atoms with Gasteiger partial charge in [-0.3, -0.25) is 0 Å². The maximum absolute atomic E-state index is 13.4. The zero-order chi connectivity index (χ0) is 13.2. The van der Waals surface area contributed by atoms with Gasteiger partial charge in [0.25, 0.3) is 0 Å². The molecule has 2 aromatic carbocycles. The van der Waals surface area contributed by atoms with Gasteiger partial charge in [0.2, 0.25) is 0 Å². The van der Waals surface area contributed by atoms with E-state index in [2.05, 4.69) is 5.32 Å². The third-order valence-electron chi connectivity index (χ3n) is 3.18. The molecule has 1 N–H and O–H groups in total. The molecule has 0 saturated heterocycles. The Labute approximate surface area is 110 Å². The molecule has 1 aliphatic rings. The third kappa shape index (κ3) is 2.00. The summed E-state index contributed by atoms with van der Waals surface area (Å²) in [5.41, 5.74) is 2.67. The molecule has 0 amide bonds. The summed E-state index contributed by atoms with van der Waals surface area (Å²) >= 11 is 0. The van der Waals surface area contributed by atoms with Crippen LogP contribution in [0.1, 0.15) is 11.7 Å². The Bertz CT molecular complexity index is 663. The molecule has 4 heteroatoms. The van der Waals surface area contributed by atoms with Crippen LogP contribution in [0.2, 0.25) is 0 Å². The van der Waals surface area contributed by atoms with Crippen LogP contribution in [0.4, 0.5) is 4.39 Å². The quantitative estimate of drug-likeness (QED) is 0.662. The van der Waals surface area contributed by atoms with Crippen LogP contribution in [0.3, 0.4) is 0 Å². The Morgan fingerprint density at radius 2 is 2.05 bits per heavy atom. The maximum Gasteiger partial charge on any atom is 0.176 e. The summed E-state index contributed by atoms with van der Waals surface area (Å²) in [6.45, 7) is 0.393. The van der Waals surface area contributed by atoms with Crippen molar-refractivity contribution >= 4 is 0 Å². The Hall–Kier alpha value is -2.54. The minimum Gasteiger partial charge on any atom is -0.483 e. The van der Waals surface area contributed by atoms with Crippen LogP contribution in [-0.4, -0.2) is 6.54 Å². The number of fused-ring (bicyclic) bond motifs is 3. The van der Waals surface area contributed by atoms with Crippen molar-refractivity contribution < 1.29 is 9.13 Å². The van der Waals surface area contributed by atoms with Gasteiger partial charge in [-0.1, -0.05) is 24.3 Å². The Morgan fingerprint density at radius 1 is 1.21 bits per heavy atom. The third-order valence-corrected chi connectivity index (χ3v) is 3.18. The molecule has 1 unspecified atom stereocenters. The molecule has 1 atom stereocenters. The molecule has 0 aliphatic carbocycles. The lowest BCUT2D eigenvalue weighted by molar-refractivity contribution is 0.204. The van der Waals surface area contributed by atoms with Gasteiger partial charge in [-0.05, 0) is 23.8 Å². The van der Waals surface area contributed by atoms with Crippen molar-refractivity contribution in [1.82, 2.24) is 5.32 Å². The van der Waals surface area contributed by atoms with Gasteiger partial charge in [-0.25, -0.2) is 4.39 Å². The molecule has 0 bridgehead atoms. The molecular weight excluding hydrogens is 243 g/mol. The summed E-state index contributed by atoms with van der Waals surface area (Å²) in [6.07, 6.45) is 1.65. The number of hydrogen-bond donors (Lipinski definition) is 1. The molecule has 1 heterocycles. The average Bonchev–Trinajstić information content (AvgIpc) is 2.45. The second-order valence-corrected chi connectivity index (χ2v) is 4.33. The molecule has 3 nitrogen and oxygen atoms in total. The van der Waals surface area contributed by atoms with Crippen molar-refractivity contribution in [2.45, 2.75) is 6.10 Å². The van der Waals surface area contributed by atoms with Crippen molar-refractivity contribution in [2.24, 2.45) is 0 Å². The highest BCUT2D eigenvalue weighted by atomic mass is 19.1. The van der Waals surface area contributed by atoms with Crippen LogP contribution in [0, 0.1) is 17.3 Å². The van der Waals surface area contributed by atoms with Crippen molar-refractivity contribution in [3.63, 3.8) is 0 Å². The fourth-order valence-electron chi connectivity index (χ4n) is 2.35. The van der Waals surface area contributed by atoms with Gasteiger partial charge in [0.1, 0.15) is 17.7 Å². The van der Waals surface area contributed by atoms with Crippen LogP contribution in [-0.2, 0) is 0 Å². The molecule has 1 aliphatic heterocycles. The second kappa shape index (κ2) is 4.62. The van der Waals surface area contributed by atoms with Gasteiger partial charge in [0.05, 0.1) is 6.54 Å². The average molecular weight is 254 g/mol. The molecular formula is C15H11FN2O. The molecule has 19 heavy (non-hydrogen) atoms. The minimum atomic E-state index is -0.286. The van der Waals surface area contributed by atoms with Gasteiger partial charge >= 0.3 is 0 Å². The highest BCUT2D eigenvalue weighted by Gasteiger charge is 2.25.